The maximum Gasteiger partial charge on any atom is 0.469 e. The van der Waals surface area contributed by atoms with E-state index in [9.17, 15) is 4.57 Å². The van der Waals surface area contributed by atoms with Gasteiger partial charge in [0.2, 0.25) is 0 Å². The number of hydrogen-bond donors (Lipinski definition) is 3. The predicted octanol–water partition coefficient (Wildman–Crippen LogP) is 0.613. The van der Waals surface area contributed by atoms with Crippen LogP contribution in [0.5, 0.6) is 0 Å². The lowest BCUT2D eigenvalue weighted by molar-refractivity contribution is 0.152. The molecule has 0 amide bonds. The molecule has 1 fully saturated rings. The van der Waals surface area contributed by atoms with E-state index >= 15 is 0 Å². The maximum absolute atomic E-state index is 10.4. The number of rotatable bonds is 3. The van der Waals surface area contributed by atoms with Gasteiger partial charge in [0.1, 0.15) is 0 Å². The van der Waals surface area contributed by atoms with Crippen LogP contribution in [0.15, 0.2) is 0 Å². The summed E-state index contributed by atoms with van der Waals surface area (Å²) in [6, 6.07) is 0. The average Bonchev–Trinajstić information content (AvgIpc) is 2.27. The summed E-state index contributed by atoms with van der Waals surface area (Å²) in [6.45, 7) is 2.02. The summed E-state index contributed by atoms with van der Waals surface area (Å²) in [7, 11) is -4.36. The first-order valence-corrected chi connectivity index (χ1v) is 5.83. The maximum atomic E-state index is 10.4. The molecule has 0 aromatic carbocycles. The zero-order valence-corrected chi connectivity index (χ0v) is 8.54. The monoisotopic (exact) mass is 209 g/mol. The summed E-state index contributed by atoms with van der Waals surface area (Å²) in [5.41, 5.74) is 5.35. The van der Waals surface area contributed by atoms with E-state index in [0.717, 1.165) is 19.3 Å². The van der Waals surface area contributed by atoms with Gasteiger partial charge in [0, 0.05) is 5.54 Å². The highest BCUT2D eigenvalue weighted by atomic mass is 31.2. The zero-order chi connectivity index (χ0) is 10.1. The minimum Gasteiger partial charge on any atom is -0.323 e. The van der Waals surface area contributed by atoms with Gasteiger partial charge in [0.15, 0.2) is 0 Å². The molecule has 0 aromatic rings. The van der Waals surface area contributed by atoms with Gasteiger partial charge in [-0.25, -0.2) is 4.57 Å². The second-order valence-electron chi connectivity index (χ2n) is 3.97. The normalized spacial score (nSPS) is 35.2. The van der Waals surface area contributed by atoms with E-state index in [0.29, 0.717) is 5.92 Å². The Morgan fingerprint density at radius 1 is 1.69 bits per heavy atom. The Morgan fingerprint density at radius 3 is 2.69 bits per heavy atom. The fraction of sp³-hybridized carbons (Fsp3) is 1.00. The van der Waals surface area contributed by atoms with Crippen LogP contribution in [0.4, 0.5) is 0 Å². The third kappa shape index (κ3) is 3.75. The van der Waals surface area contributed by atoms with Crippen LogP contribution in [0.3, 0.4) is 0 Å². The first-order valence-electron chi connectivity index (χ1n) is 4.30. The van der Waals surface area contributed by atoms with Gasteiger partial charge in [-0.15, -0.1) is 0 Å². The molecule has 1 rings (SSSR count). The van der Waals surface area contributed by atoms with Crippen molar-refractivity contribution < 1.29 is 18.9 Å². The molecule has 13 heavy (non-hydrogen) atoms. The smallest absolute Gasteiger partial charge is 0.323 e. The van der Waals surface area contributed by atoms with Crippen LogP contribution in [0.2, 0.25) is 0 Å². The van der Waals surface area contributed by atoms with Crippen LogP contribution >= 0.6 is 7.82 Å². The summed E-state index contributed by atoms with van der Waals surface area (Å²) >= 11 is 0. The second kappa shape index (κ2) is 3.67. The van der Waals surface area contributed by atoms with E-state index in [1.54, 1.807) is 0 Å². The standard InChI is InChI=1S/C7H16NO4P/c1-6-2-3-7(8,4-6)5-12-13(9,10)11/h6H,2-5,8H2,1H3,(H2,9,10,11)/t6-,7-/m1/s1. The molecule has 0 aromatic heterocycles. The molecule has 1 aliphatic rings. The van der Waals surface area contributed by atoms with Crippen LogP contribution in [0.25, 0.3) is 0 Å². The van der Waals surface area contributed by atoms with Crippen molar-refractivity contribution in [3.63, 3.8) is 0 Å². The van der Waals surface area contributed by atoms with Crippen LogP contribution in [-0.2, 0) is 9.09 Å². The van der Waals surface area contributed by atoms with Crippen molar-refractivity contribution in [2.45, 2.75) is 31.7 Å². The summed E-state index contributed by atoms with van der Waals surface area (Å²) in [6.07, 6.45) is 2.54. The molecular weight excluding hydrogens is 193 g/mol. The van der Waals surface area contributed by atoms with E-state index in [-0.39, 0.29) is 6.61 Å². The van der Waals surface area contributed by atoms with Crippen molar-refractivity contribution in [2.24, 2.45) is 11.7 Å². The van der Waals surface area contributed by atoms with Gasteiger partial charge in [-0.2, -0.15) is 0 Å². The Bertz CT molecular complexity index is 229. The molecule has 6 heteroatoms. The fourth-order valence-electron chi connectivity index (χ4n) is 1.78. The molecule has 2 atom stereocenters. The second-order valence-corrected chi connectivity index (χ2v) is 5.21. The Kier molecular flexibility index (Phi) is 3.15. The summed E-state index contributed by atoms with van der Waals surface area (Å²) in [5.74, 6) is 0.519. The van der Waals surface area contributed by atoms with Crippen molar-refractivity contribution in [3.05, 3.63) is 0 Å². The molecule has 0 saturated heterocycles. The van der Waals surface area contributed by atoms with E-state index in [1.807, 2.05) is 0 Å². The summed E-state index contributed by atoms with van der Waals surface area (Å²) in [5, 5.41) is 0. The molecule has 5 nitrogen and oxygen atoms in total. The Morgan fingerprint density at radius 2 is 2.31 bits per heavy atom. The average molecular weight is 209 g/mol. The molecule has 1 aliphatic carbocycles. The fourth-order valence-corrected chi connectivity index (χ4v) is 2.20. The minimum atomic E-state index is -4.36. The number of hydrogen-bond acceptors (Lipinski definition) is 3. The lowest BCUT2D eigenvalue weighted by Gasteiger charge is -2.23. The van der Waals surface area contributed by atoms with E-state index in [1.165, 1.54) is 0 Å². The van der Waals surface area contributed by atoms with Crippen LogP contribution < -0.4 is 5.73 Å². The molecule has 0 bridgehead atoms. The highest BCUT2D eigenvalue weighted by molar-refractivity contribution is 7.46. The van der Waals surface area contributed by atoms with Gasteiger partial charge in [-0.05, 0) is 25.2 Å². The SMILES string of the molecule is C[C@@H]1CC[C@](N)(COP(=O)(O)O)C1. The topological polar surface area (TPSA) is 92.8 Å². The van der Waals surface area contributed by atoms with Crippen molar-refractivity contribution in [1.29, 1.82) is 0 Å². The first kappa shape index (κ1) is 11.1. The molecule has 0 heterocycles. The number of nitrogens with two attached hydrogens (primary N) is 1. The molecule has 0 radical (unpaired) electrons. The molecule has 4 N–H and O–H groups in total. The third-order valence-corrected chi connectivity index (χ3v) is 2.88. The highest BCUT2D eigenvalue weighted by Crippen LogP contribution is 2.40. The van der Waals surface area contributed by atoms with E-state index in [2.05, 4.69) is 11.4 Å². The third-order valence-electron chi connectivity index (χ3n) is 2.41. The van der Waals surface area contributed by atoms with E-state index < -0.39 is 13.4 Å². The quantitative estimate of drug-likeness (QED) is 0.592. The van der Waals surface area contributed by atoms with Crippen molar-refractivity contribution >= 4 is 7.82 Å². The predicted molar refractivity (Wildman–Crippen MR) is 47.9 cm³/mol. The van der Waals surface area contributed by atoms with Gasteiger partial charge in [0.05, 0.1) is 6.61 Å². The molecular formula is C7H16NO4P. The zero-order valence-electron chi connectivity index (χ0n) is 7.64. The molecule has 1 saturated carbocycles. The minimum absolute atomic E-state index is 0.0540. The van der Waals surface area contributed by atoms with Crippen LogP contribution in [0.1, 0.15) is 26.2 Å². The van der Waals surface area contributed by atoms with Gasteiger partial charge >= 0.3 is 7.82 Å². The lowest BCUT2D eigenvalue weighted by Crippen LogP contribution is -2.41. The van der Waals surface area contributed by atoms with Gasteiger partial charge in [-0.1, -0.05) is 6.92 Å². The van der Waals surface area contributed by atoms with E-state index in [4.69, 9.17) is 15.5 Å². The Balaban J connectivity index is 2.40. The lowest BCUT2D eigenvalue weighted by atomic mass is 9.99. The summed E-state index contributed by atoms with van der Waals surface area (Å²) < 4.78 is 14.8. The first-order chi connectivity index (χ1) is 5.81. The van der Waals surface area contributed by atoms with Crippen LogP contribution in [0, 0.1) is 5.92 Å². The van der Waals surface area contributed by atoms with Gasteiger partial charge < -0.3 is 15.5 Å². The molecule has 0 unspecified atom stereocenters. The molecule has 0 spiro atoms. The number of phosphoric ester groups is 1. The largest absolute Gasteiger partial charge is 0.469 e. The van der Waals surface area contributed by atoms with Crippen LogP contribution in [-0.4, -0.2) is 21.9 Å². The number of phosphoric acid groups is 1. The van der Waals surface area contributed by atoms with Gasteiger partial charge in [0.25, 0.3) is 0 Å². The molecule has 0 aliphatic heterocycles. The Hall–Kier alpha value is 0.0700. The molecule has 78 valence electrons. The van der Waals surface area contributed by atoms with Crippen molar-refractivity contribution in [2.75, 3.05) is 6.61 Å². The highest BCUT2D eigenvalue weighted by Gasteiger charge is 2.35. The van der Waals surface area contributed by atoms with Crippen molar-refractivity contribution in [1.82, 2.24) is 0 Å². The Labute approximate surface area is 77.5 Å². The van der Waals surface area contributed by atoms with Gasteiger partial charge in [-0.3, -0.25) is 4.52 Å². The summed E-state index contributed by atoms with van der Waals surface area (Å²) in [4.78, 5) is 17.0. The van der Waals surface area contributed by atoms with Crippen molar-refractivity contribution in [3.8, 4) is 0 Å².